The van der Waals surface area contributed by atoms with E-state index >= 15 is 0 Å². The van der Waals surface area contributed by atoms with E-state index in [0.29, 0.717) is 6.04 Å². The highest BCUT2D eigenvalue weighted by molar-refractivity contribution is 4.99. The molecule has 0 amide bonds. The third kappa shape index (κ3) is 4.17. The second-order valence-corrected chi connectivity index (χ2v) is 6.58. The first-order valence-corrected chi connectivity index (χ1v) is 8.35. The topological polar surface area (TPSA) is 44.7 Å². The van der Waals surface area contributed by atoms with E-state index < -0.39 is 0 Å². The van der Waals surface area contributed by atoms with Crippen molar-refractivity contribution in [2.75, 3.05) is 33.4 Å². The molecule has 2 aliphatic carbocycles. The molecule has 4 nitrogen and oxygen atoms in total. The van der Waals surface area contributed by atoms with Gasteiger partial charge in [-0.3, -0.25) is 4.90 Å². The van der Waals surface area contributed by atoms with Gasteiger partial charge in [-0.2, -0.15) is 0 Å². The second-order valence-electron chi connectivity index (χ2n) is 6.58. The number of hydrogen-bond donors (Lipinski definition) is 2. The number of ether oxygens (including phenoxy) is 1. The lowest BCUT2D eigenvalue weighted by Gasteiger charge is -2.45. The molecule has 2 N–H and O–H groups in total. The predicted octanol–water partition coefficient (Wildman–Crippen LogP) is 1.77. The van der Waals surface area contributed by atoms with Gasteiger partial charge >= 0.3 is 0 Å². The van der Waals surface area contributed by atoms with Crippen LogP contribution < -0.4 is 5.32 Å². The molecule has 2 saturated carbocycles. The second kappa shape index (κ2) is 7.74. The lowest BCUT2D eigenvalue weighted by atomic mass is 9.78. The van der Waals surface area contributed by atoms with Gasteiger partial charge in [-0.1, -0.05) is 6.92 Å². The third-order valence-electron chi connectivity index (χ3n) is 4.91. The highest BCUT2D eigenvalue weighted by atomic mass is 16.5. The van der Waals surface area contributed by atoms with E-state index in [1.807, 2.05) is 0 Å². The Balaban J connectivity index is 1.95. The van der Waals surface area contributed by atoms with Crippen LogP contribution in [0.5, 0.6) is 0 Å². The van der Waals surface area contributed by atoms with Gasteiger partial charge in [-0.15, -0.1) is 0 Å². The van der Waals surface area contributed by atoms with Crippen LogP contribution >= 0.6 is 0 Å². The maximum Gasteiger partial charge on any atom is 0.0613 e. The van der Waals surface area contributed by atoms with Crippen LogP contribution in [0.25, 0.3) is 0 Å². The minimum atomic E-state index is -0.0425. The van der Waals surface area contributed by atoms with Gasteiger partial charge < -0.3 is 15.2 Å². The molecule has 0 spiro atoms. The number of hydrogen-bond acceptors (Lipinski definition) is 4. The fourth-order valence-corrected chi connectivity index (χ4v) is 3.63. The molecule has 4 heteroatoms. The summed E-state index contributed by atoms with van der Waals surface area (Å²) in [7, 11) is 1.78. The highest BCUT2D eigenvalue weighted by Gasteiger charge is 2.41. The Hall–Kier alpha value is -0.160. The van der Waals surface area contributed by atoms with E-state index in [1.54, 1.807) is 7.11 Å². The fourth-order valence-electron chi connectivity index (χ4n) is 3.63. The molecule has 118 valence electrons. The molecule has 0 aromatic heterocycles. The van der Waals surface area contributed by atoms with Crippen LogP contribution in [0, 0.1) is 0 Å². The van der Waals surface area contributed by atoms with Crippen LogP contribution in [0.1, 0.15) is 51.9 Å². The SMILES string of the molecule is CCCNC1(CO)CCCC(N(CCOC)C2CC2)C1. The molecule has 0 aromatic carbocycles. The van der Waals surface area contributed by atoms with Gasteiger partial charge in [0.25, 0.3) is 0 Å². The number of nitrogens with one attached hydrogen (secondary N) is 1. The van der Waals surface area contributed by atoms with Crippen molar-refractivity contribution in [2.45, 2.75) is 69.5 Å². The van der Waals surface area contributed by atoms with Gasteiger partial charge in [-0.25, -0.2) is 0 Å². The Kier molecular flexibility index (Phi) is 6.27. The van der Waals surface area contributed by atoms with E-state index in [9.17, 15) is 5.11 Å². The van der Waals surface area contributed by atoms with E-state index in [1.165, 1.54) is 25.7 Å². The average molecular weight is 284 g/mol. The summed E-state index contributed by atoms with van der Waals surface area (Å²) < 4.78 is 5.28. The Morgan fingerprint density at radius 3 is 2.70 bits per heavy atom. The summed E-state index contributed by atoms with van der Waals surface area (Å²) in [5, 5.41) is 13.5. The molecule has 0 aliphatic heterocycles. The minimum Gasteiger partial charge on any atom is -0.394 e. The van der Waals surface area contributed by atoms with Crippen LogP contribution in [0.15, 0.2) is 0 Å². The van der Waals surface area contributed by atoms with Crippen molar-refractivity contribution >= 4 is 0 Å². The van der Waals surface area contributed by atoms with Crippen LogP contribution in [0.2, 0.25) is 0 Å². The van der Waals surface area contributed by atoms with Crippen molar-refractivity contribution in [3.8, 4) is 0 Å². The zero-order valence-electron chi connectivity index (χ0n) is 13.2. The summed E-state index contributed by atoms with van der Waals surface area (Å²) in [5.74, 6) is 0. The maximum absolute atomic E-state index is 9.89. The van der Waals surface area contributed by atoms with Crippen molar-refractivity contribution in [2.24, 2.45) is 0 Å². The van der Waals surface area contributed by atoms with Gasteiger partial charge in [-0.05, 0) is 51.5 Å². The summed E-state index contributed by atoms with van der Waals surface area (Å²) in [6.07, 6.45) is 8.51. The van der Waals surface area contributed by atoms with Gasteiger partial charge in [0.2, 0.25) is 0 Å². The van der Waals surface area contributed by atoms with Crippen molar-refractivity contribution in [1.82, 2.24) is 10.2 Å². The monoisotopic (exact) mass is 284 g/mol. The molecule has 2 aliphatic rings. The average Bonchev–Trinajstić information content (AvgIpc) is 3.31. The summed E-state index contributed by atoms with van der Waals surface area (Å²) in [4.78, 5) is 2.65. The lowest BCUT2D eigenvalue weighted by Crippen LogP contribution is -2.56. The Labute approximate surface area is 123 Å². The first-order valence-electron chi connectivity index (χ1n) is 8.35. The molecular formula is C16H32N2O2. The van der Waals surface area contributed by atoms with E-state index in [2.05, 4.69) is 17.1 Å². The van der Waals surface area contributed by atoms with Gasteiger partial charge in [0.1, 0.15) is 0 Å². The van der Waals surface area contributed by atoms with E-state index in [4.69, 9.17) is 4.74 Å². The molecule has 0 aromatic rings. The zero-order valence-corrected chi connectivity index (χ0v) is 13.2. The van der Waals surface area contributed by atoms with Crippen LogP contribution in [0.3, 0.4) is 0 Å². The maximum atomic E-state index is 9.89. The van der Waals surface area contributed by atoms with Crippen molar-refractivity contribution in [3.63, 3.8) is 0 Å². The number of aliphatic hydroxyl groups is 1. The molecule has 20 heavy (non-hydrogen) atoms. The third-order valence-corrected chi connectivity index (χ3v) is 4.91. The Morgan fingerprint density at radius 1 is 1.30 bits per heavy atom. The van der Waals surface area contributed by atoms with Gasteiger partial charge in [0.05, 0.1) is 13.2 Å². The Bertz CT molecular complexity index is 284. The minimum absolute atomic E-state index is 0.0425. The van der Waals surface area contributed by atoms with Crippen molar-refractivity contribution < 1.29 is 9.84 Å². The lowest BCUT2D eigenvalue weighted by molar-refractivity contribution is 0.0419. The molecule has 2 rings (SSSR count). The van der Waals surface area contributed by atoms with Crippen molar-refractivity contribution in [3.05, 3.63) is 0 Å². The van der Waals surface area contributed by atoms with Gasteiger partial charge in [0.15, 0.2) is 0 Å². The molecule has 2 atom stereocenters. The number of aliphatic hydroxyl groups excluding tert-OH is 1. The fraction of sp³-hybridized carbons (Fsp3) is 1.00. The van der Waals surface area contributed by atoms with Crippen LogP contribution in [-0.4, -0.2) is 61.0 Å². The first-order chi connectivity index (χ1) is 9.74. The van der Waals surface area contributed by atoms with Crippen LogP contribution in [-0.2, 0) is 4.74 Å². The molecule has 0 bridgehead atoms. The predicted molar refractivity (Wildman–Crippen MR) is 82.0 cm³/mol. The molecule has 2 unspecified atom stereocenters. The highest BCUT2D eigenvalue weighted by Crippen LogP contribution is 2.36. The molecule has 0 radical (unpaired) electrons. The van der Waals surface area contributed by atoms with Gasteiger partial charge in [0, 0.05) is 31.3 Å². The molecular weight excluding hydrogens is 252 g/mol. The van der Waals surface area contributed by atoms with Crippen LogP contribution in [0.4, 0.5) is 0 Å². The quantitative estimate of drug-likeness (QED) is 0.677. The number of nitrogens with zero attached hydrogens (tertiary/aromatic N) is 1. The molecule has 2 fully saturated rings. The van der Waals surface area contributed by atoms with E-state index in [0.717, 1.165) is 45.0 Å². The largest absolute Gasteiger partial charge is 0.394 e. The Morgan fingerprint density at radius 2 is 2.10 bits per heavy atom. The normalized spacial score (nSPS) is 30.9. The summed E-state index contributed by atoms with van der Waals surface area (Å²) >= 11 is 0. The molecule has 0 saturated heterocycles. The van der Waals surface area contributed by atoms with Crippen molar-refractivity contribution in [1.29, 1.82) is 0 Å². The first kappa shape index (κ1) is 16.2. The zero-order chi connectivity index (χ0) is 14.4. The number of methoxy groups -OCH3 is 1. The summed E-state index contributed by atoms with van der Waals surface area (Å²) in [6.45, 7) is 5.33. The summed E-state index contributed by atoms with van der Waals surface area (Å²) in [6, 6.07) is 1.39. The smallest absolute Gasteiger partial charge is 0.0613 e. The number of rotatable bonds is 9. The molecule has 0 heterocycles. The summed E-state index contributed by atoms with van der Waals surface area (Å²) in [5.41, 5.74) is -0.0425. The standard InChI is InChI=1S/C16H32N2O2/c1-3-9-17-16(13-19)8-4-5-15(12-16)18(10-11-20-2)14-6-7-14/h14-15,17,19H,3-13H2,1-2H3. The van der Waals surface area contributed by atoms with E-state index in [-0.39, 0.29) is 12.1 Å².